The number of halogens is 1. The van der Waals surface area contributed by atoms with E-state index < -0.39 is 11.9 Å². The topological polar surface area (TPSA) is 88.9 Å². The molecule has 0 fully saturated rings. The Morgan fingerprint density at radius 2 is 1.92 bits per heavy atom. The first-order valence-corrected chi connectivity index (χ1v) is 7.49. The molecule has 0 saturated carbocycles. The minimum atomic E-state index is -0.634. The molecule has 0 saturated heterocycles. The van der Waals surface area contributed by atoms with Gasteiger partial charge in [-0.2, -0.15) is 5.10 Å². The van der Waals surface area contributed by atoms with E-state index in [9.17, 15) is 9.59 Å². The average Bonchev–Trinajstić information content (AvgIpc) is 2.83. The lowest BCUT2D eigenvalue weighted by Gasteiger charge is -2.07. The van der Waals surface area contributed by atoms with Gasteiger partial charge < -0.3 is 5.32 Å². The zero-order valence-electron chi connectivity index (χ0n) is 13.0. The number of benzene rings is 1. The summed E-state index contributed by atoms with van der Waals surface area (Å²) in [5.74, 6) is -0.542. The van der Waals surface area contributed by atoms with Crippen LogP contribution < -0.4 is 10.6 Å². The maximum absolute atomic E-state index is 12.2. The maximum Gasteiger partial charge on any atom is 0.326 e. The number of anilines is 1. The predicted octanol–water partition coefficient (Wildman–Crippen LogP) is 2.89. The largest absolute Gasteiger partial charge is 0.326 e. The summed E-state index contributed by atoms with van der Waals surface area (Å²) in [6.45, 7) is 1.83. The number of amides is 3. The van der Waals surface area contributed by atoms with Gasteiger partial charge in [-0.15, -0.1) is 0 Å². The molecule has 2 N–H and O–H groups in total. The van der Waals surface area contributed by atoms with Crippen molar-refractivity contribution in [2.24, 2.45) is 7.05 Å². The number of imide groups is 1. The van der Waals surface area contributed by atoms with Gasteiger partial charge in [-0.25, -0.2) is 9.78 Å². The number of hydrogen-bond donors (Lipinski definition) is 2. The first kappa shape index (κ1) is 15.9. The van der Waals surface area contributed by atoms with Gasteiger partial charge in [0, 0.05) is 29.3 Å². The molecule has 122 valence electrons. The van der Waals surface area contributed by atoms with Crippen LogP contribution in [0.4, 0.5) is 10.5 Å². The van der Waals surface area contributed by atoms with Gasteiger partial charge in [0.1, 0.15) is 0 Å². The standard InChI is InChI=1S/C16H14ClN5O2/c1-9-13-7-10(8-18-14(13)22(2)21-9)15(23)20-16(24)19-12-5-3-11(17)4-6-12/h3-8H,1-2H3,(H2,19,20,23,24). The third-order valence-corrected chi connectivity index (χ3v) is 3.71. The molecule has 3 aromatic rings. The van der Waals surface area contributed by atoms with E-state index in [1.54, 1.807) is 42.1 Å². The van der Waals surface area contributed by atoms with Crippen LogP contribution in [-0.2, 0) is 7.05 Å². The van der Waals surface area contributed by atoms with Gasteiger partial charge >= 0.3 is 6.03 Å². The van der Waals surface area contributed by atoms with Crippen molar-refractivity contribution in [3.05, 3.63) is 52.8 Å². The first-order chi connectivity index (χ1) is 11.4. The number of nitrogens with zero attached hydrogens (tertiary/aromatic N) is 3. The molecule has 7 nitrogen and oxygen atoms in total. The molecule has 3 amide bonds. The average molecular weight is 344 g/mol. The molecule has 0 aliphatic heterocycles. The Kier molecular flexibility index (Phi) is 4.18. The molecule has 2 heterocycles. The van der Waals surface area contributed by atoms with Crippen molar-refractivity contribution >= 4 is 40.3 Å². The smallest absolute Gasteiger partial charge is 0.308 e. The summed E-state index contributed by atoms with van der Waals surface area (Å²) in [5, 5.41) is 10.4. The molecular formula is C16H14ClN5O2. The van der Waals surface area contributed by atoms with E-state index in [2.05, 4.69) is 20.7 Å². The summed E-state index contributed by atoms with van der Waals surface area (Å²) >= 11 is 5.78. The van der Waals surface area contributed by atoms with Gasteiger partial charge in [0.05, 0.1) is 11.3 Å². The highest BCUT2D eigenvalue weighted by molar-refractivity contribution is 6.30. The number of aromatic nitrogens is 3. The third-order valence-electron chi connectivity index (χ3n) is 3.45. The highest BCUT2D eigenvalue weighted by Crippen LogP contribution is 2.16. The van der Waals surface area contributed by atoms with Crippen molar-refractivity contribution in [1.29, 1.82) is 0 Å². The van der Waals surface area contributed by atoms with Crippen LogP contribution in [0.3, 0.4) is 0 Å². The van der Waals surface area contributed by atoms with Crippen LogP contribution in [-0.4, -0.2) is 26.7 Å². The van der Waals surface area contributed by atoms with Gasteiger partial charge in [-0.1, -0.05) is 11.6 Å². The Morgan fingerprint density at radius 3 is 2.62 bits per heavy atom. The Bertz CT molecular complexity index is 934. The molecule has 0 aliphatic carbocycles. The molecule has 0 radical (unpaired) electrons. The second kappa shape index (κ2) is 6.29. The minimum absolute atomic E-state index is 0.282. The highest BCUT2D eigenvalue weighted by atomic mass is 35.5. The zero-order valence-corrected chi connectivity index (χ0v) is 13.8. The van der Waals surface area contributed by atoms with E-state index in [1.165, 1.54) is 6.20 Å². The van der Waals surface area contributed by atoms with Crippen molar-refractivity contribution in [3.8, 4) is 0 Å². The lowest BCUT2D eigenvalue weighted by atomic mass is 10.2. The monoisotopic (exact) mass is 343 g/mol. The van der Waals surface area contributed by atoms with Crippen molar-refractivity contribution in [3.63, 3.8) is 0 Å². The molecule has 0 unspecified atom stereocenters. The van der Waals surface area contributed by atoms with Crippen LogP contribution in [0.5, 0.6) is 0 Å². The van der Waals surface area contributed by atoms with Crippen molar-refractivity contribution in [2.75, 3.05) is 5.32 Å². The lowest BCUT2D eigenvalue weighted by molar-refractivity contribution is 0.0967. The van der Waals surface area contributed by atoms with Crippen molar-refractivity contribution < 1.29 is 9.59 Å². The lowest BCUT2D eigenvalue weighted by Crippen LogP contribution is -2.34. The Labute approximate surface area is 142 Å². The SMILES string of the molecule is Cc1nn(C)c2ncc(C(=O)NC(=O)Nc3ccc(Cl)cc3)cc12. The van der Waals surface area contributed by atoms with E-state index in [0.717, 1.165) is 11.1 Å². The number of nitrogens with one attached hydrogen (secondary N) is 2. The molecule has 2 aromatic heterocycles. The quantitative estimate of drug-likeness (QED) is 0.748. The van der Waals surface area contributed by atoms with Crippen LogP contribution in [0.1, 0.15) is 16.1 Å². The van der Waals surface area contributed by atoms with Gasteiger partial charge in [-0.3, -0.25) is 14.8 Å². The van der Waals surface area contributed by atoms with Crippen LogP contribution in [0.25, 0.3) is 11.0 Å². The fourth-order valence-corrected chi connectivity index (χ4v) is 2.43. The van der Waals surface area contributed by atoms with Crippen LogP contribution >= 0.6 is 11.6 Å². The number of pyridine rings is 1. The highest BCUT2D eigenvalue weighted by Gasteiger charge is 2.14. The molecule has 8 heteroatoms. The van der Waals surface area contributed by atoms with Crippen molar-refractivity contribution in [1.82, 2.24) is 20.1 Å². The fraction of sp³-hybridized carbons (Fsp3) is 0.125. The number of fused-ring (bicyclic) bond motifs is 1. The number of carbonyl (C=O) groups excluding carboxylic acids is 2. The number of hydrogen-bond acceptors (Lipinski definition) is 4. The molecule has 1 aromatic carbocycles. The van der Waals surface area contributed by atoms with Gasteiger partial charge in [0.2, 0.25) is 0 Å². The maximum atomic E-state index is 12.2. The summed E-state index contributed by atoms with van der Waals surface area (Å²) in [5.41, 5.74) is 2.25. The van der Waals surface area contributed by atoms with E-state index in [-0.39, 0.29) is 5.56 Å². The molecule has 3 rings (SSSR count). The van der Waals surface area contributed by atoms with Gasteiger partial charge in [0.15, 0.2) is 5.65 Å². The first-order valence-electron chi connectivity index (χ1n) is 7.11. The number of carbonyl (C=O) groups is 2. The third kappa shape index (κ3) is 3.21. The summed E-state index contributed by atoms with van der Waals surface area (Å²) in [6.07, 6.45) is 1.41. The number of urea groups is 1. The number of aryl methyl sites for hydroxylation is 2. The normalized spacial score (nSPS) is 10.6. The van der Waals surface area contributed by atoms with Crippen LogP contribution in [0, 0.1) is 6.92 Å². The summed E-state index contributed by atoms with van der Waals surface area (Å²) < 4.78 is 1.64. The molecule has 0 bridgehead atoms. The van der Waals surface area contributed by atoms with Gasteiger partial charge in [0.25, 0.3) is 5.91 Å². The summed E-state index contributed by atoms with van der Waals surface area (Å²) in [4.78, 5) is 28.3. The summed E-state index contributed by atoms with van der Waals surface area (Å²) in [7, 11) is 1.78. The van der Waals surface area contributed by atoms with Gasteiger partial charge in [-0.05, 0) is 37.3 Å². The summed E-state index contributed by atoms with van der Waals surface area (Å²) in [6, 6.07) is 7.59. The van der Waals surface area contributed by atoms with E-state index in [0.29, 0.717) is 16.4 Å². The fourth-order valence-electron chi connectivity index (χ4n) is 2.30. The van der Waals surface area contributed by atoms with E-state index >= 15 is 0 Å². The van der Waals surface area contributed by atoms with E-state index in [1.807, 2.05) is 6.92 Å². The molecule has 0 aliphatic rings. The molecule has 24 heavy (non-hydrogen) atoms. The van der Waals surface area contributed by atoms with E-state index in [4.69, 9.17) is 11.6 Å². The Hall–Kier alpha value is -2.93. The zero-order chi connectivity index (χ0) is 17.3. The Morgan fingerprint density at radius 1 is 1.21 bits per heavy atom. The van der Waals surface area contributed by atoms with Crippen molar-refractivity contribution in [2.45, 2.75) is 6.92 Å². The molecule has 0 spiro atoms. The van der Waals surface area contributed by atoms with Crippen LogP contribution in [0.2, 0.25) is 5.02 Å². The molecular weight excluding hydrogens is 330 g/mol. The predicted molar refractivity (Wildman–Crippen MR) is 91.2 cm³/mol. The Balaban J connectivity index is 1.73. The van der Waals surface area contributed by atoms with Crippen LogP contribution in [0.15, 0.2) is 36.5 Å². The molecule has 0 atom stereocenters. The number of rotatable bonds is 2. The minimum Gasteiger partial charge on any atom is -0.308 e. The second-order valence-electron chi connectivity index (χ2n) is 5.22. The second-order valence-corrected chi connectivity index (χ2v) is 5.66.